The second-order valence-corrected chi connectivity index (χ2v) is 9.96. The fourth-order valence-electron chi connectivity index (χ4n) is 3.52. The lowest BCUT2D eigenvalue weighted by molar-refractivity contribution is 0.0883. The van der Waals surface area contributed by atoms with E-state index in [0.717, 1.165) is 39.4 Å². The molecule has 0 saturated heterocycles. The van der Waals surface area contributed by atoms with Gasteiger partial charge >= 0.3 is 0 Å². The van der Waals surface area contributed by atoms with Gasteiger partial charge in [-0.1, -0.05) is 0 Å². The monoisotopic (exact) mass is 440 g/mol. The molecule has 0 unspecified atom stereocenters. The van der Waals surface area contributed by atoms with Crippen molar-refractivity contribution in [1.82, 2.24) is 19.9 Å². The molecule has 0 saturated carbocycles. The molecule has 3 heterocycles. The van der Waals surface area contributed by atoms with E-state index in [0.29, 0.717) is 5.56 Å². The Morgan fingerprint density at radius 3 is 2.74 bits per heavy atom. The van der Waals surface area contributed by atoms with Crippen molar-refractivity contribution in [3.05, 3.63) is 54.4 Å². The number of amides is 1. The number of benzene rings is 1. The molecule has 0 bridgehead atoms. The Bertz CT molecular complexity index is 1370. The van der Waals surface area contributed by atoms with Crippen molar-refractivity contribution >= 4 is 38.0 Å². The Morgan fingerprint density at radius 2 is 2.03 bits per heavy atom. The van der Waals surface area contributed by atoms with Gasteiger partial charge in [-0.3, -0.25) is 8.98 Å². The summed E-state index contributed by atoms with van der Waals surface area (Å²) < 4.78 is 29.4. The summed E-state index contributed by atoms with van der Waals surface area (Å²) in [6.45, 7) is 3.26. The molecular formula is C22H24N4O4S. The lowest BCUT2D eigenvalue weighted by Gasteiger charge is -2.25. The number of H-pyrrole nitrogens is 1. The van der Waals surface area contributed by atoms with Crippen LogP contribution >= 0.6 is 0 Å². The van der Waals surface area contributed by atoms with Gasteiger partial charge in [0.05, 0.1) is 18.4 Å². The van der Waals surface area contributed by atoms with E-state index in [1.54, 1.807) is 26.1 Å². The normalized spacial score (nSPS) is 12.5. The number of aromatic amines is 1. The van der Waals surface area contributed by atoms with Crippen LogP contribution in [0.1, 0.15) is 24.2 Å². The number of aryl methyl sites for hydroxylation is 1. The number of aromatic nitrogens is 3. The van der Waals surface area contributed by atoms with E-state index in [1.165, 1.54) is 0 Å². The van der Waals surface area contributed by atoms with Crippen LogP contribution in [0.3, 0.4) is 0 Å². The highest BCUT2D eigenvalue weighted by atomic mass is 32.2. The summed E-state index contributed by atoms with van der Waals surface area (Å²) in [5, 5.41) is 4.78. The Hall–Kier alpha value is -3.17. The summed E-state index contributed by atoms with van der Waals surface area (Å²) in [6.07, 6.45) is 4.74. The molecule has 162 valence electrons. The van der Waals surface area contributed by atoms with Crippen molar-refractivity contribution in [1.29, 1.82) is 0 Å². The van der Waals surface area contributed by atoms with E-state index >= 15 is 0 Å². The van der Waals surface area contributed by atoms with Crippen molar-refractivity contribution < 1.29 is 17.4 Å². The first-order valence-corrected chi connectivity index (χ1v) is 11.5. The van der Waals surface area contributed by atoms with Gasteiger partial charge in [0.1, 0.15) is 5.65 Å². The van der Waals surface area contributed by atoms with Crippen LogP contribution in [0.15, 0.2) is 48.8 Å². The molecule has 4 rings (SSSR count). The van der Waals surface area contributed by atoms with Gasteiger partial charge in [-0.05, 0) is 50.2 Å². The number of hydrogen-bond donors (Lipinski definition) is 2. The molecule has 0 radical (unpaired) electrons. The van der Waals surface area contributed by atoms with Crippen LogP contribution < -0.4 is 5.32 Å². The van der Waals surface area contributed by atoms with E-state index in [-0.39, 0.29) is 12.5 Å². The van der Waals surface area contributed by atoms with Gasteiger partial charge in [-0.15, -0.1) is 0 Å². The second-order valence-electron chi connectivity index (χ2n) is 8.31. The number of hydrogen-bond acceptors (Lipinski definition) is 5. The Morgan fingerprint density at radius 1 is 1.26 bits per heavy atom. The Labute approximate surface area is 180 Å². The number of carbonyl (C=O) groups excluding carboxylic acids is 1. The van der Waals surface area contributed by atoms with Crippen LogP contribution in [0, 0.1) is 0 Å². The van der Waals surface area contributed by atoms with E-state index < -0.39 is 15.7 Å². The molecule has 31 heavy (non-hydrogen) atoms. The predicted molar refractivity (Wildman–Crippen MR) is 120 cm³/mol. The average Bonchev–Trinajstić information content (AvgIpc) is 3.26. The van der Waals surface area contributed by atoms with Crippen LogP contribution in [0.4, 0.5) is 0 Å². The average molecular weight is 441 g/mol. The largest absolute Gasteiger partial charge is 0.350 e. The summed E-state index contributed by atoms with van der Waals surface area (Å²) in [5.41, 5.74) is 3.27. The quantitative estimate of drug-likeness (QED) is 0.448. The Kier molecular flexibility index (Phi) is 5.10. The molecule has 0 atom stereocenters. The van der Waals surface area contributed by atoms with Crippen molar-refractivity contribution in [3.63, 3.8) is 0 Å². The van der Waals surface area contributed by atoms with Crippen molar-refractivity contribution in [3.8, 4) is 11.3 Å². The lowest BCUT2D eigenvalue weighted by atomic mass is 10.0. The molecule has 1 aromatic carbocycles. The predicted octanol–water partition coefficient (Wildman–Crippen LogP) is 3.21. The summed E-state index contributed by atoms with van der Waals surface area (Å²) >= 11 is 0. The smallest absolute Gasteiger partial charge is 0.264 e. The third-order valence-corrected chi connectivity index (χ3v) is 5.57. The van der Waals surface area contributed by atoms with Crippen molar-refractivity contribution in [2.45, 2.75) is 19.4 Å². The van der Waals surface area contributed by atoms with Gasteiger partial charge in [0, 0.05) is 52.6 Å². The van der Waals surface area contributed by atoms with Gasteiger partial charge in [-0.25, -0.2) is 4.98 Å². The molecule has 4 aromatic rings. The van der Waals surface area contributed by atoms with Gasteiger partial charge in [0.15, 0.2) is 0 Å². The Balaban J connectivity index is 1.67. The molecule has 0 spiro atoms. The minimum Gasteiger partial charge on any atom is -0.350 e. The summed E-state index contributed by atoms with van der Waals surface area (Å²) in [4.78, 5) is 20.6. The molecule has 0 fully saturated rings. The van der Waals surface area contributed by atoms with Crippen LogP contribution in [-0.4, -0.2) is 47.3 Å². The van der Waals surface area contributed by atoms with Gasteiger partial charge in [0.25, 0.3) is 16.0 Å². The van der Waals surface area contributed by atoms with Crippen molar-refractivity contribution in [2.75, 3.05) is 12.9 Å². The number of carbonyl (C=O) groups is 1. The highest BCUT2D eigenvalue weighted by molar-refractivity contribution is 7.85. The van der Waals surface area contributed by atoms with E-state index in [2.05, 4.69) is 15.3 Å². The van der Waals surface area contributed by atoms with Gasteiger partial charge in [0.2, 0.25) is 0 Å². The molecule has 2 N–H and O–H groups in total. The van der Waals surface area contributed by atoms with Crippen molar-refractivity contribution in [2.24, 2.45) is 7.05 Å². The molecule has 0 aliphatic rings. The number of fused-ring (bicyclic) bond motifs is 2. The first kappa shape index (κ1) is 21.1. The van der Waals surface area contributed by atoms with E-state index in [1.807, 2.05) is 48.1 Å². The first-order valence-electron chi connectivity index (χ1n) is 9.72. The highest BCUT2D eigenvalue weighted by Gasteiger charge is 2.24. The van der Waals surface area contributed by atoms with Crippen LogP contribution in [0.2, 0.25) is 0 Å². The first-order chi connectivity index (χ1) is 14.5. The zero-order chi connectivity index (χ0) is 22.4. The molecule has 8 nitrogen and oxygen atoms in total. The van der Waals surface area contributed by atoms with Gasteiger partial charge in [-0.2, -0.15) is 8.42 Å². The zero-order valence-electron chi connectivity index (χ0n) is 17.8. The molecule has 0 aliphatic heterocycles. The number of rotatable bonds is 6. The topological polar surface area (TPSA) is 106 Å². The van der Waals surface area contributed by atoms with Gasteiger partial charge < -0.3 is 14.9 Å². The maximum atomic E-state index is 12.9. The molecule has 3 aromatic heterocycles. The molecule has 1 amide bonds. The highest BCUT2D eigenvalue weighted by Crippen LogP contribution is 2.32. The van der Waals surface area contributed by atoms with Crippen LogP contribution in [0.25, 0.3) is 33.2 Å². The maximum Gasteiger partial charge on any atom is 0.264 e. The van der Waals surface area contributed by atoms with E-state index in [9.17, 15) is 13.2 Å². The summed E-state index contributed by atoms with van der Waals surface area (Å²) in [5.74, 6) is -0.308. The number of nitrogens with zero attached hydrogens (tertiary/aromatic N) is 2. The molecule has 9 heteroatoms. The van der Waals surface area contributed by atoms with Crippen LogP contribution in [-0.2, 0) is 21.3 Å². The number of nitrogens with one attached hydrogen (secondary N) is 2. The lowest BCUT2D eigenvalue weighted by Crippen LogP contribution is -2.47. The zero-order valence-corrected chi connectivity index (χ0v) is 18.6. The minimum atomic E-state index is -3.59. The summed E-state index contributed by atoms with van der Waals surface area (Å²) in [6, 6.07) is 11.4. The third-order valence-electron chi connectivity index (χ3n) is 5.02. The van der Waals surface area contributed by atoms with Crippen LogP contribution in [0.5, 0.6) is 0 Å². The standard InChI is InChI=1S/C22H24N4O4S/c1-22(2,13-30-31(4,28)29)25-21(27)15-7-8-19-16(10-15)17(12-26(19)3)18-11-14-6-5-9-23-20(14)24-18/h5-12H,13H2,1-4H3,(H,23,24)(H,25,27). The summed E-state index contributed by atoms with van der Waals surface area (Å²) in [7, 11) is -1.64. The number of pyridine rings is 1. The third kappa shape index (κ3) is 4.47. The molecular weight excluding hydrogens is 416 g/mol. The molecule has 0 aliphatic carbocycles. The van der Waals surface area contributed by atoms with E-state index in [4.69, 9.17) is 4.18 Å². The fourth-order valence-corrected chi connectivity index (χ4v) is 4.03. The minimum absolute atomic E-state index is 0.154. The second kappa shape index (κ2) is 7.51. The fraction of sp³-hybridized carbons (Fsp3) is 0.273. The maximum absolute atomic E-state index is 12.9. The SMILES string of the molecule is Cn1cc(-c2cc3cccnc3[nH]2)c2cc(C(=O)NC(C)(C)COS(C)(=O)=O)ccc21.